The molecule has 3 aromatic rings. The van der Waals surface area contributed by atoms with E-state index in [-0.39, 0.29) is 24.0 Å². The van der Waals surface area contributed by atoms with Crippen molar-refractivity contribution in [2.24, 2.45) is 0 Å². The van der Waals surface area contributed by atoms with Gasteiger partial charge in [0.25, 0.3) is 0 Å². The van der Waals surface area contributed by atoms with Gasteiger partial charge in [0.1, 0.15) is 23.2 Å². The molecule has 0 bridgehead atoms. The lowest BCUT2D eigenvalue weighted by molar-refractivity contribution is -0.274. The molecule has 4 rings (SSSR count). The summed E-state index contributed by atoms with van der Waals surface area (Å²) in [5.41, 5.74) is 2.62. The minimum atomic E-state index is -4.81. The van der Waals surface area contributed by atoms with Gasteiger partial charge in [0.15, 0.2) is 0 Å². The highest BCUT2D eigenvalue weighted by Crippen LogP contribution is 2.36. The third kappa shape index (κ3) is 5.13. The maximum absolute atomic E-state index is 15.3. The zero-order valence-corrected chi connectivity index (χ0v) is 18.4. The van der Waals surface area contributed by atoms with Crippen LogP contribution in [0.1, 0.15) is 42.0 Å². The van der Waals surface area contributed by atoms with Crippen molar-refractivity contribution >= 4 is 5.57 Å². The summed E-state index contributed by atoms with van der Waals surface area (Å²) < 4.78 is 85.7. The molecule has 0 heterocycles. The molecule has 0 aromatic heterocycles. The van der Waals surface area contributed by atoms with E-state index >= 15 is 4.39 Å². The molecule has 0 saturated carbocycles. The molecule has 0 spiro atoms. The largest absolute Gasteiger partial charge is 0.573 e. The first-order valence-corrected chi connectivity index (χ1v) is 11.0. The van der Waals surface area contributed by atoms with Gasteiger partial charge in [-0.25, -0.2) is 13.2 Å². The molecule has 178 valence electrons. The van der Waals surface area contributed by atoms with Crippen molar-refractivity contribution in [3.8, 4) is 16.9 Å². The van der Waals surface area contributed by atoms with Crippen LogP contribution in [-0.4, -0.2) is 6.36 Å². The van der Waals surface area contributed by atoms with Crippen LogP contribution in [0.15, 0.2) is 54.6 Å². The third-order valence-corrected chi connectivity index (χ3v) is 5.91. The molecule has 0 N–H and O–H groups in total. The number of alkyl halides is 3. The van der Waals surface area contributed by atoms with E-state index in [1.54, 1.807) is 12.1 Å². The maximum Gasteiger partial charge on any atom is 0.573 e. The molecule has 0 amide bonds. The fourth-order valence-electron chi connectivity index (χ4n) is 4.26. The Bertz CT molecular complexity index is 1200. The summed E-state index contributed by atoms with van der Waals surface area (Å²) in [5.74, 6) is -2.15. The fourth-order valence-corrected chi connectivity index (χ4v) is 4.26. The van der Waals surface area contributed by atoms with Crippen molar-refractivity contribution in [1.29, 1.82) is 0 Å². The van der Waals surface area contributed by atoms with Crippen LogP contribution in [0.5, 0.6) is 5.75 Å². The standard InChI is InChI=1S/C27H22F6O/c1-2-3-4-16-13-23(28)25(24(29)14-16)19-8-12-22-18(15-19)7-11-21(26(22)30)17-5-9-20(10-6-17)34-27(31,32)33/h5-11,13-14H,2-4,12,15H2,1H3. The summed E-state index contributed by atoms with van der Waals surface area (Å²) in [6.45, 7) is 2.01. The van der Waals surface area contributed by atoms with E-state index in [0.29, 0.717) is 34.2 Å². The number of aryl methyl sites for hydroxylation is 1. The van der Waals surface area contributed by atoms with E-state index in [9.17, 15) is 22.0 Å². The predicted molar refractivity (Wildman–Crippen MR) is 119 cm³/mol. The van der Waals surface area contributed by atoms with E-state index in [4.69, 9.17) is 0 Å². The van der Waals surface area contributed by atoms with Gasteiger partial charge >= 0.3 is 6.36 Å². The van der Waals surface area contributed by atoms with Crippen LogP contribution < -0.4 is 4.74 Å². The van der Waals surface area contributed by atoms with Crippen LogP contribution in [-0.2, 0) is 19.3 Å². The summed E-state index contributed by atoms with van der Waals surface area (Å²) >= 11 is 0. The number of hydrogen-bond donors (Lipinski definition) is 0. The Morgan fingerprint density at radius 1 is 0.912 bits per heavy atom. The second-order valence-electron chi connectivity index (χ2n) is 8.29. The molecule has 1 aliphatic carbocycles. The van der Waals surface area contributed by atoms with Crippen LogP contribution in [0.3, 0.4) is 0 Å². The number of hydrogen-bond acceptors (Lipinski definition) is 1. The van der Waals surface area contributed by atoms with Gasteiger partial charge in [0, 0.05) is 11.1 Å². The molecular formula is C27H22F6O. The molecule has 3 aromatic carbocycles. The summed E-state index contributed by atoms with van der Waals surface area (Å²) in [7, 11) is 0. The number of allylic oxidation sites excluding steroid dienone is 2. The highest BCUT2D eigenvalue weighted by Gasteiger charge is 2.31. The number of fused-ring (bicyclic) bond motifs is 1. The second kappa shape index (κ2) is 9.57. The highest BCUT2D eigenvalue weighted by molar-refractivity contribution is 5.74. The average molecular weight is 476 g/mol. The topological polar surface area (TPSA) is 9.23 Å². The summed E-state index contributed by atoms with van der Waals surface area (Å²) in [6.07, 6.45) is -0.493. The van der Waals surface area contributed by atoms with Crippen molar-refractivity contribution in [3.63, 3.8) is 0 Å². The monoisotopic (exact) mass is 476 g/mol. The zero-order valence-electron chi connectivity index (χ0n) is 18.4. The van der Waals surface area contributed by atoms with Crippen molar-refractivity contribution < 1.29 is 31.1 Å². The first-order chi connectivity index (χ1) is 16.2. The van der Waals surface area contributed by atoms with Crippen molar-refractivity contribution in [1.82, 2.24) is 0 Å². The van der Waals surface area contributed by atoms with Gasteiger partial charge in [-0.15, -0.1) is 13.2 Å². The van der Waals surface area contributed by atoms with Crippen molar-refractivity contribution in [2.45, 2.75) is 45.4 Å². The molecule has 34 heavy (non-hydrogen) atoms. The summed E-state index contributed by atoms with van der Waals surface area (Å²) in [4.78, 5) is 0. The molecule has 1 nitrogen and oxygen atoms in total. The van der Waals surface area contributed by atoms with Crippen LogP contribution in [0, 0.1) is 17.5 Å². The van der Waals surface area contributed by atoms with Gasteiger partial charge in [-0.05, 0) is 77.8 Å². The van der Waals surface area contributed by atoms with Gasteiger partial charge in [-0.3, -0.25) is 0 Å². The van der Waals surface area contributed by atoms with Gasteiger partial charge in [-0.1, -0.05) is 43.7 Å². The molecule has 0 unspecified atom stereocenters. The molecule has 0 saturated heterocycles. The Balaban J connectivity index is 1.59. The van der Waals surface area contributed by atoms with Crippen molar-refractivity contribution in [2.75, 3.05) is 0 Å². The molecular weight excluding hydrogens is 454 g/mol. The molecule has 1 aliphatic rings. The smallest absolute Gasteiger partial charge is 0.406 e. The van der Waals surface area contributed by atoms with Gasteiger partial charge in [0.2, 0.25) is 0 Å². The van der Waals surface area contributed by atoms with Gasteiger partial charge in [0.05, 0.1) is 0 Å². The number of benzene rings is 3. The zero-order chi connectivity index (χ0) is 24.5. The minimum Gasteiger partial charge on any atom is -0.406 e. The second-order valence-corrected chi connectivity index (χ2v) is 8.29. The lowest BCUT2D eigenvalue weighted by Crippen LogP contribution is -2.16. The minimum absolute atomic E-state index is 0.0874. The van der Waals surface area contributed by atoms with Gasteiger partial charge < -0.3 is 4.74 Å². The highest BCUT2D eigenvalue weighted by atomic mass is 19.4. The lowest BCUT2D eigenvalue weighted by Gasteiger charge is -2.21. The third-order valence-electron chi connectivity index (χ3n) is 5.91. The fraction of sp³-hybridized carbons (Fsp3) is 0.259. The maximum atomic E-state index is 15.3. The Morgan fingerprint density at radius 3 is 2.21 bits per heavy atom. The van der Waals surface area contributed by atoms with Crippen molar-refractivity contribution in [3.05, 3.63) is 94.3 Å². The van der Waals surface area contributed by atoms with Crippen LogP contribution in [0.4, 0.5) is 26.3 Å². The Morgan fingerprint density at radius 2 is 1.59 bits per heavy atom. The molecule has 0 aliphatic heterocycles. The Hall–Kier alpha value is -3.22. The van der Waals surface area contributed by atoms with Crippen LogP contribution in [0.2, 0.25) is 0 Å². The van der Waals surface area contributed by atoms with E-state index in [2.05, 4.69) is 4.74 Å². The normalized spacial score (nSPS) is 13.4. The lowest BCUT2D eigenvalue weighted by atomic mass is 9.85. The first-order valence-electron chi connectivity index (χ1n) is 11.0. The van der Waals surface area contributed by atoms with E-state index in [1.165, 1.54) is 30.3 Å². The molecule has 0 atom stereocenters. The molecule has 0 radical (unpaired) electrons. The van der Waals surface area contributed by atoms with E-state index in [0.717, 1.165) is 25.0 Å². The van der Waals surface area contributed by atoms with Gasteiger partial charge in [-0.2, -0.15) is 0 Å². The predicted octanol–water partition coefficient (Wildman–Crippen LogP) is 8.19. The number of halogens is 6. The van der Waals surface area contributed by atoms with E-state index in [1.807, 2.05) is 6.92 Å². The summed E-state index contributed by atoms with van der Waals surface area (Å²) in [6, 6.07) is 10.9. The summed E-state index contributed by atoms with van der Waals surface area (Å²) in [5, 5.41) is 0. The first kappa shape index (κ1) is 23.9. The number of rotatable bonds is 6. The number of ether oxygens (including phenoxy) is 1. The quantitative estimate of drug-likeness (QED) is 0.326. The molecule has 0 fully saturated rings. The SMILES string of the molecule is CCCCc1cc(F)c(C2=CCc3c(ccc(-c4ccc(OC(F)(F)F)cc4)c3F)C2)c(F)c1. The Labute approximate surface area is 193 Å². The average Bonchev–Trinajstić information content (AvgIpc) is 2.77. The molecule has 7 heteroatoms. The Kier molecular flexibility index (Phi) is 6.73. The van der Waals surface area contributed by atoms with Crippen LogP contribution in [0.25, 0.3) is 16.7 Å². The van der Waals surface area contributed by atoms with Crippen LogP contribution >= 0.6 is 0 Å². The number of unbranched alkanes of at least 4 members (excludes halogenated alkanes) is 1. The van der Waals surface area contributed by atoms with E-state index < -0.39 is 29.6 Å².